The maximum Gasteiger partial charge on any atom is 0.233 e. The number of aryl methyl sites for hydroxylation is 1. The van der Waals surface area contributed by atoms with Crippen LogP contribution in [0.1, 0.15) is 32.3 Å². The minimum Gasteiger partial charge on any atom is -0.353 e. The fourth-order valence-electron chi connectivity index (χ4n) is 2.44. The maximum atomic E-state index is 12.5. The second-order valence-electron chi connectivity index (χ2n) is 5.90. The summed E-state index contributed by atoms with van der Waals surface area (Å²) >= 11 is 7.50. The first-order valence-corrected chi connectivity index (χ1v) is 9.60. The predicted molar refractivity (Wildman–Crippen MR) is 104 cm³/mol. The van der Waals surface area contributed by atoms with Gasteiger partial charge >= 0.3 is 0 Å². The number of nitrogens with one attached hydrogen (secondary N) is 1. The van der Waals surface area contributed by atoms with E-state index in [-0.39, 0.29) is 17.2 Å². The van der Waals surface area contributed by atoms with Crippen molar-refractivity contribution in [2.45, 2.75) is 49.3 Å². The van der Waals surface area contributed by atoms with Crippen molar-refractivity contribution in [3.8, 4) is 0 Å². The number of rotatable bonds is 8. The molecule has 0 heterocycles. The van der Waals surface area contributed by atoms with Gasteiger partial charge in [-0.2, -0.15) is 0 Å². The number of amides is 1. The molecule has 0 saturated heterocycles. The first-order valence-electron chi connectivity index (χ1n) is 8.35. The van der Waals surface area contributed by atoms with Gasteiger partial charge in [0.2, 0.25) is 5.91 Å². The first-order chi connectivity index (χ1) is 11.6. The van der Waals surface area contributed by atoms with E-state index in [0.29, 0.717) is 5.02 Å². The average molecular weight is 362 g/mol. The largest absolute Gasteiger partial charge is 0.353 e. The Bertz CT molecular complexity index is 630. The molecule has 2 rings (SSSR count). The normalized spacial score (nSPS) is 13.3. The van der Waals surface area contributed by atoms with E-state index in [4.69, 9.17) is 11.6 Å². The molecule has 0 fully saturated rings. The zero-order valence-corrected chi connectivity index (χ0v) is 15.7. The van der Waals surface area contributed by atoms with Crippen LogP contribution in [0.25, 0.3) is 0 Å². The number of carbonyl (C=O) groups is 1. The highest BCUT2D eigenvalue weighted by molar-refractivity contribution is 8.00. The third-order valence-corrected chi connectivity index (χ3v) is 5.48. The second-order valence-corrected chi connectivity index (χ2v) is 7.62. The van der Waals surface area contributed by atoms with E-state index in [1.54, 1.807) is 11.8 Å². The number of carbonyl (C=O) groups excluding carboxylic acids is 1. The number of benzene rings is 2. The van der Waals surface area contributed by atoms with Crippen molar-refractivity contribution < 1.29 is 4.79 Å². The SMILES string of the molecule is CC[C@H](Sc1ccc(Cl)cc1)C(=O)N[C@H](C)CCc1ccccc1. The lowest BCUT2D eigenvalue weighted by Gasteiger charge is -2.19. The van der Waals surface area contributed by atoms with Crippen LogP contribution >= 0.6 is 23.4 Å². The molecular formula is C20H24ClNOS. The van der Waals surface area contributed by atoms with Crippen molar-refractivity contribution in [2.75, 3.05) is 0 Å². The predicted octanol–water partition coefficient (Wildman–Crippen LogP) is 5.35. The summed E-state index contributed by atoms with van der Waals surface area (Å²) in [5, 5.41) is 3.78. The molecular weight excluding hydrogens is 338 g/mol. The van der Waals surface area contributed by atoms with Gasteiger partial charge in [-0.3, -0.25) is 4.79 Å². The molecule has 0 aliphatic rings. The highest BCUT2D eigenvalue weighted by Crippen LogP contribution is 2.27. The van der Waals surface area contributed by atoms with Gasteiger partial charge in [0.15, 0.2) is 0 Å². The van der Waals surface area contributed by atoms with E-state index < -0.39 is 0 Å². The molecule has 24 heavy (non-hydrogen) atoms. The summed E-state index contributed by atoms with van der Waals surface area (Å²) in [6, 6.07) is 18.2. The van der Waals surface area contributed by atoms with Crippen molar-refractivity contribution in [1.82, 2.24) is 5.32 Å². The molecule has 0 saturated carbocycles. The molecule has 2 nitrogen and oxygen atoms in total. The molecule has 2 atom stereocenters. The monoisotopic (exact) mass is 361 g/mol. The van der Waals surface area contributed by atoms with Crippen molar-refractivity contribution in [3.63, 3.8) is 0 Å². The van der Waals surface area contributed by atoms with Gasteiger partial charge in [0, 0.05) is 16.0 Å². The fraction of sp³-hybridized carbons (Fsp3) is 0.350. The summed E-state index contributed by atoms with van der Waals surface area (Å²) in [5.74, 6) is 0.109. The summed E-state index contributed by atoms with van der Waals surface area (Å²) in [5.41, 5.74) is 1.31. The van der Waals surface area contributed by atoms with Crippen LogP contribution in [-0.4, -0.2) is 17.2 Å². The molecule has 0 aliphatic heterocycles. The Morgan fingerprint density at radius 3 is 2.42 bits per heavy atom. The molecule has 2 aromatic rings. The van der Waals surface area contributed by atoms with Crippen LogP contribution in [-0.2, 0) is 11.2 Å². The lowest BCUT2D eigenvalue weighted by atomic mass is 10.1. The lowest BCUT2D eigenvalue weighted by Crippen LogP contribution is -2.38. The summed E-state index contributed by atoms with van der Waals surface area (Å²) < 4.78 is 0. The van der Waals surface area contributed by atoms with E-state index in [9.17, 15) is 4.79 Å². The number of halogens is 1. The van der Waals surface area contributed by atoms with Gasteiger partial charge in [0.1, 0.15) is 0 Å². The molecule has 1 amide bonds. The fourth-order valence-corrected chi connectivity index (χ4v) is 3.52. The zero-order valence-electron chi connectivity index (χ0n) is 14.2. The number of thioether (sulfide) groups is 1. The molecule has 0 aromatic heterocycles. The smallest absolute Gasteiger partial charge is 0.233 e. The molecule has 0 radical (unpaired) electrons. The Hall–Kier alpha value is -1.45. The van der Waals surface area contributed by atoms with E-state index >= 15 is 0 Å². The summed E-state index contributed by atoms with van der Waals surface area (Å²) in [6.45, 7) is 4.11. The molecule has 2 aromatic carbocycles. The van der Waals surface area contributed by atoms with Gasteiger partial charge in [0.25, 0.3) is 0 Å². The summed E-state index contributed by atoms with van der Waals surface area (Å²) in [4.78, 5) is 13.6. The third-order valence-electron chi connectivity index (χ3n) is 3.85. The first kappa shape index (κ1) is 18.9. The Balaban J connectivity index is 1.83. The summed E-state index contributed by atoms with van der Waals surface area (Å²) in [6.07, 6.45) is 2.71. The van der Waals surface area contributed by atoms with E-state index in [1.807, 2.05) is 37.3 Å². The highest BCUT2D eigenvalue weighted by Gasteiger charge is 2.19. The van der Waals surface area contributed by atoms with E-state index in [0.717, 1.165) is 24.2 Å². The molecule has 0 spiro atoms. The van der Waals surface area contributed by atoms with E-state index in [1.165, 1.54) is 5.56 Å². The van der Waals surface area contributed by atoms with E-state index in [2.05, 4.69) is 36.5 Å². The van der Waals surface area contributed by atoms with Gasteiger partial charge < -0.3 is 5.32 Å². The van der Waals surface area contributed by atoms with Crippen molar-refractivity contribution in [3.05, 3.63) is 65.2 Å². The summed E-state index contributed by atoms with van der Waals surface area (Å²) in [7, 11) is 0. The highest BCUT2D eigenvalue weighted by atomic mass is 35.5. The van der Waals surface area contributed by atoms with Crippen molar-refractivity contribution in [1.29, 1.82) is 0 Å². The van der Waals surface area contributed by atoms with Crippen LogP contribution in [0.2, 0.25) is 5.02 Å². The Labute approximate surface area is 154 Å². The topological polar surface area (TPSA) is 29.1 Å². The van der Waals surface area contributed by atoms with Gasteiger partial charge in [-0.15, -0.1) is 11.8 Å². The maximum absolute atomic E-state index is 12.5. The minimum atomic E-state index is -0.0784. The van der Waals surface area contributed by atoms with Crippen LogP contribution in [0.3, 0.4) is 0 Å². The van der Waals surface area contributed by atoms with Crippen LogP contribution in [0, 0.1) is 0 Å². The number of hydrogen-bond donors (Lipinski definition) is 1. The molecule has 1 N–H and O–H groups in total. The second kappa shape index (κ2) is 9.75. The Kier molecular flexibility index (Phi) is 7.67. The quantitative estimate of drug-likeness (QED) is 0.642. The average Bonchev–Trinajstić information content (AvgIpc) is 2.60. The van der Waals surface area contributed by atoms with Crippen molar-refractivity contribution in [2.24, 2.45) is 0 Å². The standard InChI is InChI=1S/C20H24ClNOS/c1-3-19(24-18-13-11-17(21)12-14-18)20(23)22-15(2)9-10-16-7-5-4-6-8-16/h4-8,11-15,19H,3,9-10H2,1-2H3,(H,22,23)/t15-,19+/m1/s1. The third kappa shape index (κ3) is 6.21. The van der Waals surface area contributed by atoms with Crippen LogP contribution in [0.5, 0.6) is 0 Å². The lowest BCUT2D eigenvalue weighted by molar-refractivity contribution is -0.121. The molecule has 0 unspecified atom stereocenters. The molecule has 128 valence electrons. The molecule has 4 heteroatoms. The molecule has 0 bridgehead atoms. The minimum absolute atomic E-state index is 0.0784. The Morgan fingerprint density at radius 2 is 1.79 bits per heavy atom. The van der Waals surface area contributed by atoms with Crippen LogP contribution in [0.15, 0.2) is 59.5 Å². The number of hydrogen-bond acceptors (Lipinski definition) is 2. The molecule has 0 aliphatic carbocycles. The van der Waals surface area contributed by atoms with Gasteiger partial charge in [-0.25, -0.2) is 0 Å². The van der Waals surface area contributed by atoms with Gasteiger partial charge in [0.05, 0.1) is 5.25 Å². The zero-order chi connectivity index (χ0) is 17.4. The van der Waals surface area contributed by atoms with Crippen LogP contribution in [0.4, 0.5) is 0 Å². The van der Waals surface area contributed by atoms with Crippen molar-refractivity contribution >= 4 is 29.3 Å². The Morgan fingerprint density at radius 1 is 1.12 bits per heavy atom. The van der Waals surface area contributed by atoms with Gasteiger partial charge in [-0.05, 0) is 56.0 Å². The van der Waals surface area contributed by atoms with Crippen LogP contribution < -0.4 is 5.32 Å². The van der Waals surface area contributed by atoms with Gasteiger partial charge in [-0.1, -0.05) is 48.9 Å².